The number of amides is 3. The Hall–Kier alpha value is -5.96. The summed E-state index contributed by atoms with van der Waals surface area (Å²) in [7, 11) is -4.37. The van der Waals surface area contributed by atoms with Gasteiger partial charge in [-0.3, -0.25) is 28.5 Å². The van der Waals surface area contributed by atoms with Gasteiger partial charge >= 0.3 is 0 Å². The van der Waals surface area contributed by atoms with Crippen molar-refractivity contribution < 1.29 is 41.7 Å². The number of rotatable bonds is 11. The Kier molecular flexibility index (Phi) is 15.1. The van der Waals surface area contributed by atoms with Gasteiger partial charge in [0.25, 0.3) is 10.1 Å². The third-order valence-electron chi connectivity index (χ3n) is 10.3. The fraction of sp³-hybridized carbons (Fsp3) is 0.283. The number of fused-ring (bicyclic) bond motifs is 16. The summed E-state index contributed by atoms with van der Waals surface area (Å²) in [4.78, 5) is 71.1. The minimum Gasteiger partial charge on any atom is -0.486 e. The van der Waals surface area contributed by atoms with Crippen LogP contribution in [-0.2, 0) is 59.8 Å². The van der Waals surface area contributed by atoms with Gasteiger partial charge in [-0.25, -0.2) is 0 Å². The molecule has 0 unspecified atom stereocenters. The molecule has 1 aromatic heterocycles. The molecule has 60 heavy (non-hydrogen) atoms. The lowest BCUT2D eigenvalue weighted by Crippen LogP contribution is -2.54. The predicted molar refractivity (Wildman–Crippen MR) is 229 cm³/mol. The highest BCUT2D eigenvalue weighted by atomic mass is 32.2. The summed E-state index contributed by atoms with van der Waals surface area (Å²) < 4.78 is 37.8. The molecule has 2 aliphatic heterocycles. The standard InChI is InChI=1S/C46H47N3O9S2/c50-38-27-37(28-40-12-7-22-59-40)45(53)49-42(26-33-13-17-35(18-14-33)34-10-5-2-6-11-34)46(54)48-41(25-31-8-3-1-4-9-31)43(51)29-36(44(52)47-21-23-60(55,56)57)24-32-15-19-39(20-16-32)58-30-38/h1-20,22,36-37,41-42H,21,23-30H2,(H,47,52)(H,48,54)(H,49,53)(H,55,56,57)/t36-,37+,41+,42+/m1/s1. The van der Waals surface area contributed by atoms with Crippen molar-refractivity contribution in [3.8, 4) is 16.9 Å². The van der Waals surface area contributed by atoms with E-state index < -0.39 is 63.3 Å². The van der Waals surface area contributed by atoms with E-state index in [-0.39, 0.29) is 57.5 Å². The van der Waals surface area contributed by atoms with E-state index in [9.17, 15) is 36.9 Å². The molecule has 2 aliphatic rings. The Balaban J connectivity index is 1.34. The van der Waals surface area contributed by atoms with Crippen LogP contribution in [0.1, 0.15) is 34.4 Å². The maximum atomic E-state index is 14.5. The van der Waals surface area contributed by atoms with Crippen molar-refractivity contribution in [1.82, 2.24) is 16.0 Å². The first-order chi connectivity index (χ1) is 28.9. The van der Waals surface area contributed by atoms with Crippen LogP contribution in [0.5, 0.6) is 5.75 Å². The molecular formula is C46H47N3O9S2. The maximum absolute atomic E-state index is 14.5. The zero-order valence-corrected chi connectivity index (χ0v) is 34.5. The first-order valence-corrected chi connectivity index (χ1v) is 22.2. The summed E-state index contributed by atoms with van der Waals surface area (Å²) in [5, 5.41) is 10.3. The minimum atomic E-state index is -4.37. The molecule has 5 aromatic rings. The Morgan fingerprint density at radius 3 is 2.00 bits per heavy atom. The van der Waals surface area contributed by atoms with Crippen molar-refractivity contribution in [2.75, 3.05) is 18.9 Å². The van der Waals surface area contributed by atoms with Crippen LogP contribution in [0.2, 0.25) is 0 Å². The average Bonchev–Trinajstić information content (AvgIpc) is 3.76. The zero-order chi connectivity index (χ0) is 42.5. The number of benzene rings is 4. The lowest BCUT2D eigenvalue weighted by molar-refractivity contribution is -0.135. The van der Waals surface area contributed by atoms with Crippen molar-refractivity contribution in [2.45, 2.75) is 50.6 Å². The Labute approximate surface area is 353 Å². The van der Waals surface area contributed by atoms with Crippen LogP contribution in [-0.4, -0.2) is 73.2 Å². The quantitative estimate of drug-likeness (QED) is 0.130. The number of hydrogen-bond donors (Lipinski definition) is 4. The van der Waals surface area contributed by atoms with Gasteiger partial charge < -0.3 is 20.7 Å². The molecule has 0 saturated carbocycles. The molecule has 4 aromatic carbocycles. The van der Waals surface area contributed by atoms with E-state index in [1.807, 2.05) is 90.3 Å². The molecular weight excluding hydrogens is 803 g/mol. The Bertz CT molecular complexity index is 2340. The van der Waals surface area contributed by atoms with Gasteiger partial charge in [-0.15, -0.1) is 11.3 Å². The molecule has 0 fully saturated rings. The smallest absolute Gasteiger partial charge is 0.266 e. The number of ether oxygens (including phenoxy) is 1. The number of carbonyl (C=O) groups is 5. The SMILES string of the molecule is O=C1COc2ccc(cc2)C[C@@H](C(=O)NCCS(=O)(=O)O)CC(=O)[C@H](Cc2ccccc2)NC(=O)[C@H](Cc2ccc(-c3ccccc3)cc2)NC(=O)[C@H](Cc2cccs2)C1. The van der Waals surface area contributed by atoms with Gasteiger partial charge in [0, 0.05) is 42.5 Å². The van der Waals surface area contributed by atoms with Gasteiger partial charge in [-0.05, 0) is 70.7 Å². The number of nitrogens with one attached hydrogen (secondary N) is 3. The van der Waals surface area contributed by atoms with Crippen LogP contribution in [0.4, 0.5) is 0 Å². The van der Waals surface area contributed by atoms with E-state index >= 15 is 0 Å². The summed E-state index contributed by atoms with van der Waals surface area (Å²) in [5.41, 5.74) is 4.11. The number of ketones is 2. The monoisotopic (exact) mass is 849 g/mol. The van der Waals surface area contributed by atoms with E-state index in [4.69, 9.17) is 4.74 Å². The van der Waals surface area contributed by atoms with Crippen LogP contribution >= 0.6 is 11.3 Å². The maximum Gasteiger partial charge on any atom is 0.266 e. The molecule has 312 valence electrons. The molecule has 2 bridgehead atoms. The number of thiophene rings is 1. The lowest BCUT2D eigenvalue weighted by atomic mass is 9.89. The van der Waals surface area contributed by atoms with Gasteiger partial charge in [0.15, 0.2) is 11.6 Å². The van der Waals surface area contributed by atoms with Crippen molar-refractivity contribution in [1.29, 1.82) is 0 Å². The summed E-state index contributed by atoms with van der Waals surface area (Å²) in [5.74, 6) is -4.69. The molecule has 0 radical (unpaired) electrons. The van der Waals surface area contributed by atoms with Gasteiger partial charge in [0.05, 0.1) is 11.8 Å². The number of Topliss-reactive ketones (excluding diaryl/α,β-unsaturated/α-hetero) is 2. The van der Waals surface area contributed by atoms with Crippen molar-refractivity contribution in [3.63, 3.8) is 0 Å². The lowest BCUT2D eigenvalue weighted by Gasteiger charge is -2.26. The van der Waals surface area contributed by atoms with Crippen molar-refractivity contribution in [2.24, 2.45) is 11.8 Å². The second-order valence-electron chi connectivity index (χ2n) is 14.9. The number of hydrogen-bond acceptors (Lipinski definition) is 9. The molecule has 0 aliphatic carbocycles. The summed E-state index contributed by atoms with van der Waals surface area (Å²) in [6, 6.07) is 34.6. The first kappa shape index (κ1) is 43.6. The van der Waals surface area contributed by atoms with Gasteiger partial charge in [-0.2, -0.15) is 8.42 Å². The molecule has 7 rings (SSSR count). The molecule has 14 heteroatoms. The largest absolute Gasteiger partial charge is 0.486 e. The van der Waals surface area contributed by atoms with Crippen LogP contribution in [0.25, 0.3) is 11.1 Å². The van der Waals surface area contributed by atoms with E-state index in [0.29, 0.717) is 11.3 Å². The van der Waals surface area contributed by atoms with Gasteiger partial charge in [-0.1, -0.05) is 103 Å². The third-order valence-corrected chi connectivity index (χ3v) is 11.9. The highest BCUT2D eigenvalue weighted by Gasteiger charge is 2.33. The summed E-state index contributed by atoms with van der Waals surface area (Å²) >= 11 is 1.46. The number of carbonyl (C=O) groups excluding carboxylic acids is 5. The van der Waals surface area contributed by atoms with E-state index in [2.05, 4.69) is 16.0 Å². The normalized spacial score (nSPS) is 19.6. The fourth-order valence-corrected chi connectivity index (χ4v) is 8.24. The van der Waals surface area contributed by atoms with Crippen molar-refractivity contribution >= 4 is 50.7 Å². The van der Waals surface area contributed by atoms with E-state index in [1.165, 1.54) is 11.3 Å². The fourth-order valence-electron chi connectivity index (χ4n) is 7.09. The third kappa shape index (κ3) is 13.3. The van der Waals surface area contributed by atoms with Crippen LogP contribution in [0.15, 0.2) is 127 Å². The highest BCUT2D eigenvalue weighted by molar-refractivity contribution is 7.85. The second-order valence-corrected chi connectivity index (χ2v) is 17.5. The van der Waals surface area contributed by atoms with Crippen LogP contribution in [0, 0.1) is 11.8 Å². The van der Waals surface area contributed by atoms with Crippen molar-refractivity contribution in [3.05, 3.63) is 148 Å². The molecule has 4 atom stereocenters. The van der Waals surface area contributed by atoms with Gasteiger partial charge in [0.1, 0.15) is 18.4 Å². The molecule has 0 saturated heterocycles. The second kappa shape index (κ2) is 20.8. The predicted octanol–water partition coefficient (Wildman–Crippen LogP) is 5.20. The van der Waals surface area contributed by atoms with E-state index in [1.54, 1.807) is 36.4 Å². The highest BCUT2D eigenvalue weighted by Crippen LogP contribution is 2.23. The minimum absolute atomic E-state index is 0.0639. The Morgan fingerprint density at radius 2 is 1.33 bits per heavy atom. The zero-order valence-electron chi connectivity index (χ0n) is 32.8. The molecule has 12 nitrogen and oxygen atoms in total. The Morgan fingerprint density at radius 1 is 0.700 bits per heavy atom. The van der Waals surface area contributed by atoms with Crippen LogP contribution < -0.4 is 20.7 Å². The molecule has 4 N–H and O–H groups in total. The first-order valence-electron chi connectivity index (χ1n) is 19.7. The average molecular weight is 850 g/mol. The van der Waals surface area contributed by atoms with Gasteiger partial charge in [0.2, 0.25) is 17.7 Å². The molecule has 0 spiro atoms. The molecule has 3 amide bonds. The topological polar surface area (TPSA) is 185 Å². The summed E-state index contributed by atoms with van der Waals surface area (Å²) in [6.07, 6.45) is -0.0109. The molecule has 3 heterocycles. The van der Waals surface area contributed by atoms with Crippen LogP contribution in [0.3, 0.4) is 0 Å². The van der Waals surface area contributed by atoms with E-state index in [0.717, 1.165) is 27.1 Å². The summed E-state index contributed by atoms with van der Waals surface area (Å²) in [6.45, 7) is -0.686.